The van der Waals surface area contributed by atoms with Crippen molar-refractivity contribution in [1.82, 2.24) is 0 Å². The molecular formula is C15H14Cl2N2O2. The minimum Gasteiger partial charge on any atom is -0.496 e. The molecule has 110 valence electrons. The highest BCUT2D eigenvalue weighted by Crippen LogP contribution is 2.29. The van der Waals surface area contributed by atoms with Crippen LogP contribution in [0.15, 0.2) is 36.4 Å². The fraction of sp³-hybridized carbons (Fsp3) is 0.133. The van der Waals surface area contributed by atoms with Crippen LogP contribution in [-0.4, -0.2) is 12.9 Å². The van der Waals surface area contributed by atoms with Crippen molar-refractivity contribution in [2.24, 2.45) is 5.73 Å². The molecule has 0 bridgehead atoms. The first kappa shape index (κ1) is 15.5. The molecule has 0 fully saturated rings. The Morgan fingerprint density at radius 1 is 1.14 bits per heavy atom. The third-order valence-electron chi connectivity index (χ3n) is 2.87. The molecule has 0 saturated carbocycles. The van der Waals surface area contributed by atoms with E-state index in [-0.39, 0.29) is 12.4 Å². The van der Waals surface area contributed by atoms with Crippen molar-refractivity contribution in [2.75, 3.05) is 7.11 Å². The van der Waals surface area contributed by atoms with E-state index in [1.807, 2.05) is 0 Å². The second-order valence-corrected chi connectivity index (χ2v) is 5.15. The monoisotopic (exact) mass is 324 g/mol. The van der Waals surface area contributed by atoms with Gasteiger partial charge in [0.25, 0.3) is 0 Å². The third-order valence-corrected chi connectivity index (χ3v) is 3.42. The van der Waals surface area contributed by atoms with E-state index in [4.69, 9.17) is 43.8 Å². The van der Waals surface area contributed by atoms with Crippen LogP contribution in [0, 0.1) is 5.41 Å². The molecule has 21 heavy (non-hydrogen) atoms. The van der Waals surface area contributed by atoms with Crippen LogP contribution in [-0.2, 0) is 6.61 Å². The van der Waals surface area contributed by atoms with Gasteiger partial charge in [0, 0.05) is 22.2 Å². The summed E-state index contributed by atoms with van der Waals surface area (Å²) in [6.07, 6.45) is 0. The zero-order valence-electron chi connectivity index (χ0n) is 11.3. The highest BCUT2D eigenvalue weighted by molar-refractivity contribution is 6.34. The van der Waals surface area contributed by atoms with Crippen molar-refractivity contribution < 1.29 is 9.47 Å². The highest BCUT2D eigenvalue weighted by atomic mass is 35.5. The number of methoxy groups -OCH3 is 1. The van der Waals surface area contributed by atoms with Crippen molar-refractivity contribution in [3.05, 3.63) is 57.6 Å². The number of amidine groups is 1. The molecule has 6 heteroatoms. The fourth-order valence-corrected chi connectivity index (χ4v) is 2.14. The zero-order valence-corrected chi connectivity index (χ0v) is 12.8. The minimum atomic E-state index is -0.0142. The summed E-state index contributed by atoms with van der Waals surface area (Å²) in [5.74, 6) is 1.12. The van der Waals surface area contributed by atoms with Gasteiger partial charge in [-0.05, 0) is 30.3 Å². The van der Waals surface area contributed by atoms with E-state index in [9.17, 15) is 0 Å². The SMILES string of the molecule is COc1ccc(C(=N)N)cc1COc1cc(Cl)ccc1Cl. The molecule has 0 radical (unpaired) electrons. The Kier molecular flexibility index (Phi) is 4.94. The van der Waals surface area contributed by atoms with Crippen molar-refractivity contribution in [3.63, 3.8) is 0 Å². The number of hydrogen-bond donors (Lipinski definition) is 2. The minimum absolute atomic E-state index is 0.0142. The Morgan fingerprint density at radius 3 is 2.57 bits per heavy atom. The lowest BCUT2D eigenvalue weighted by Gasteiger charge is -2.12. The van der Waals surface area contributed by atoms with Gasteiger partial charge in [-0.15, -0.1) is 0 Å². The van der Waals surface area contributed by atoms with Gasteiger partial charge in [0.2, 0.25) is 0 Å². The standard InChI is InChI=1S/C15H14Cl2N2O2/c1-20-13-5-2-9(15(18)19)6-10(13)8-21-14-7-11(16)3-4-12(14)17/h2-7H,8H2,1H3,(H3,18,19). The molecule has 0 unspecified atom stereocenters. The molecule has 2 aromatic rings. The quantitative estimate of drug-likeness (QED) is 0.648. The number of benzene rings is 2. The van der Waals surface area contributed by atoms with Crippen LogP contribution in [0.3, 0.4) is 0 Å². The highest BCUT2D eigenvalue weighted by Gasteiger charge is 2.09. The average Bonchev–Trinajstić information content (AvgIpc) is 2.47. The first-order valence-corrected chi connectivity index (χ1v) is 6.86. The van der Waals surface area contributed by atoms with Crippen molar-refractivity contribution in [3.8, 4) is 11.5 Å². The van der Waals surface area contributed by atoms with Crippen LogP contribution in [0.1, 0.15) is 11.1 Å². The molecule has 0 aliphatic heterocycles. The van der Waals surface area contributed by atoms with Crippen molar-refractivity contribution >= 4 is 29.0 Å². The number of nitrogen functional groups attached to an aromatic ring is 1. The maximum absolute atomic E-state index is 7.48. The largest absolute Gasteiger partial charge is 0.496 e. The van der Waals surface area contributed by atoms with Gasteiger partial charge in [0.05, 0.1) is 12.1 Å². The normalized spacial score (nSPS) is 10.2. The van der Waals surface area contributed by atoms with Gasteiger partial charge in [-0.3, -0.25) is 5.41 Å². The molecule has 4 nitrogen and oxygen atoms in total. The molecule has 0 spiro atoms. The fourth-order valence-electron chi connectivity index (χ4n) is 1.80. The predicted octanol–water partition coefficient (Wildman–Crippen LogP) is 3.87. The van der Waals surface area contributed by atoms with Crippen LogP contribution in [0.5, 0.6) is 11.5 Å². The lowest BCUT2D eigenvalue weighted by Crippen LogP contribution is -2.12. The lowest BCUT2D eigenvalue weighted by atomic mass is 10.1. The number of rotatable bonds is 5. The summed E-state index contributed by atoms with van der Waals surface area (Å²) in [5.41, 5.74) is 6.86. The second-order valence-electron chi connectivity index (χ2n) is 4.30. The van der Waals surface area contributed by atoms with Crippen LogP contribution >= 0.6 is 23.2 Å². The smallest absolute Gasteiger partial charge is 0.139 e. The van der Waals surface area contributed by atoms with E-state index >= 15 is 0 Å². The average molecular weight is 325 g/mol. The molecule has 0 aliphatic rings. The van der Waals surface area contributed by atoms with E-state index in [0.29, 0.717) is 27.1 Å². The summed E-state index contributed by atoms with van der Waals surface area (Å²) in [6.45, 7) is 0.227. The van der Waals surface area contributed by atoms with Gasteiger partial charge in [-0.1, -0.05) is 23.2 Å². The van der Waals surface area contributed by atoms with Crippen LogP contribution < -0.4 is 15.2 Å². The summed E-state index contributed by atoms with van der Waals surface area (Å²) in [6, 6.07) is 10.2. The lowest BCUT2D eigenvalue weighted by molar-refractivity contribution is 0.297. The Hall–Kier alpha value is -1.91. The van der Waals surface area contributed by atoms with Crippen LogP contribution in [0.4, 0.5) is 0 Å². The van der Waals surface area contributed by atoms with E-state index in [1.165, 1.54) is 0 Å². The zero-order chi connectivity index (χ0) is 15.4. The van der Waals surface area contributed by atoms with Gasteiger partial charge in [-0.25, -0.2) is 0 Å². The molecule has 2 rings (SSSR count). The summed E-state index contributed by atoms with van der Waals surface area (Å²) >= 11 is 12.0. The summed E-state index contributed by atoms with van der Waals surface area (Å²) < 4.78 is 10.9. The van der Waals surface area contributed by atoms with Crippen molar-refractivity contribution in [2.45, 2.75) is 6.61 Å². The van der Waals surface area contributed by atoms with E-state index in [1.54, 1.807) is 43.5 Å². The topological polar surface area (TPSA) is 68.3 Å². The number of nitrogens with two attached hydrogens (primary N) is 1. The van der Waals surface area contributed by atoms with Crippen LogP contribution in [0.25, 0.3) is 0 Å². The third kappa shape index (κ3) is 3.80. The molecule has 2 aromatic carbocycles. The predicted molar refractivity (Wildman–Crippen MR) is 84.8 cm³/mol. The number of nitrogens with one attached hydrogen (secondary N) is 1. The van der Waals surface area contributed by atoms with Gasteiger partial charge < -0.3 is 15.2 Å². The molecule has 0 aliphatic carbocycles. The van der Waals surface area contributed by atoms with Crippen molar-refractivity contribution in [1.29, 1.82) is 5.41 Å². The van der Waals surface area contributed by atoms with Crippen LogP contribution in [0.2, 0.25) is 10.0 Å². The Morgan fingerprint density at radius 2 is 1.90 bits per heavy atom. The molecule has 0 heterocycles. The Bertz CT molecular complexity index is 675. The van der Waals surface area contributed by atoms with Gasteiger partial charge >= 0.3 is 0 Å². The number of hydrogen-bond acceptors (Lipinski definition) is 3. The first-order valence-electron chi connectivity index (χ1n) is 6.10. The molecule has 0 aromatic heterocycles. The molecular weight excluding hydrogens is 311 g/mol. The number of halogens is 2. The summed E-state index contributed by atoms with van der Waals surface area (Å²) in [4.78, 5) is 0. The van der Waals surface area contributed by atoms with Gasteiger partial charge in [0.1, 0.15) is 23.9 Å². The number of ether oxygens (including phenoxy) is 2. The first-order chi connectivity index (χ1) is 10.0. The Labute approximate surface area is 132 Å². The summed E-state index contributed by atoms with van der Waals surface area (Å²) in [7, 11) is 1.57. The summed E-state index contributed by atoms with van der Waals surface area (Å²) in [5, 5.41) is 8.49. The van der Waals surface area contributed by atoms with Gasteiger partial charge in [0.15, 0.2) is 0 Å². The molecule has 0 saturated heterocycles. The second kappa shape index (κ2) is 6.70. The van der Waals surface area contributed by atoms with E-state index < -0.39 is 0 Å². The molecule has 0 atom stereocenters. The Balaban J connectivity index is 2.24. The van der Waals surface area contributed by atoms with Gasteiger partial charge in [-0.2, -0.15) is 0 Å². The van der Waals surface area contributed by atoms with E-state index in [0.717, 1.165) is 5.56 Å². The maximum atomic E-state index is 7.48. The van der Waals surface area contributed by atoms with E-state index in [2.05, 4.69) is 0 Å². The molecule has 0 amide bonds. The molecule has 3 N–H and O–H groups in total. The maximum Gasteiger partial charge on any atom is 0.139 e.